The van der Waals surface area contributed by atoms with Crippen LogP contribution in [0.4, 0.5) is 0 Å². The number of nitrogens with two attached hydrogens (primary N) is 1. The van der Waals surface area contributed by atoms with Gasteiger partial charge < -0.3 is 0 Å². The summed E-state index contributed by atoms with van der Waals surface area (Å²) in [7, 11) is 0. The van der Waals surface area contributed by atoms with Crippen molar-refractivity contribution in [3.8, 4) is 0 Å². The van der Waals surface area contributed by atoms with Crippen molar-refractivity contribution in [2.24, 2.45) is 5.84 Å². The molecule has 3 rings (SSSR count). The maximum atomic E-state index is 5.76. The molecule has 0 aliphatic carbocycles. The van der Waals surface area contributed by atoms with Crippen LogP contribution in [-0.2, 0) is 0 Å². The molecule has 2 aromatic heterocycles. The number of rotatable bonds is 3. The number of nitrogens with one attached hydrogen (secondary N) is 1. The SMILES string of the molecule is Cc1ccncc1C(NN)c1ccc2ncccc2c1. The maximum absolute atomic E-state index is 5.76. The second-order valence-corrected chi connectivity index (χ2v) is 4.79. The molecule has 100 valence electrons. The van der Waals surface area contributed by atoms with E-state index in [1.54, 1.807) is 12.4 Å². The van der Waals surface area contributed by atoms with Gasteiger partial charge >= 0.3 is 0 Å². The van der Waals surface area contributed by atoms with Crippen molar-refractivity contribution in [3.05, 3.63) is 71.7 Å². The average Bonchev–Trinajstić information content (AvgIpc) is 2.50. The molecule has 0 spiro atoms. The van der Waals surface area contributed by atoms with Crippen molar-refractivity contribution < 1.29 is 0 Å². The summed E-state index contributed by atoms with van der Waals surface area (Å²) in [6, 6.07) is 12.1. The summed E-state index contributed by atoms with van der Waals surface area (Å²) in [5.41, 5.74) is 7.21. The highest BCUT2D eigenvalue weighted by atomic mass is 15.2. The summed E-state index contributed by atoms with van der Waals surface area (Å²) in [6.07, 6.45) is 5.44. The molecule has 0 fully saturated rings. The lowest BCUT2D eigenvalue weighted by molar-refractivity contribution is 0.632. The molecule has 0 saturated carbocycles. The molecule has 3 N–H and O–H groups in total. The fourth-order valence-electron chi connectivity index (χ4n) is 2.42. The predicted octanol–water partition coefficient (Wildman–Crippen LogP) is 2.49. The zero-order chi connectivity index (χ0) is 13.9. The molecule has 4 nitrogen and oxygen atoms in total. The molecule has 0 aliphatic rings. The molecule has 0 aliphatic heterocycles. The Labute approximate surface area is 117 Å². The molecule has 2 heterocycles. The number of aryl methyl sites for hydroxylation is 1. The third-order valence-electron chi connectivity index (χ3n) is 3.52. The van der Waals surface area contributed by atoms with Gasteiger partial charge in [0.2, 0.25) is 0 Å². The van der Waals surface area contributed by atoms with Gasteiger partial charge in [-0.15, -0.1) is 0 Å². The summed E-state index contributed by atoms with van der Waals surface area (Å²) >= 11 is 0. The lowest BCUT2D eigenvalue weighted by Crippen LogP contribution is -2.29. The monoisotopic (exact) mass is 264 g/mol. The zero-order valence-electron chi connectivity index (χ0n) is 11.2. The van der Waals surface area contributed by atoms with E-state index in [0.717, 1.165) is 27.6 Å². The number of hydrogen-bond acceptors (Lipinski definition) is 4. The Morgan fingerprint density at radius 2 is 2.05 bits per heavy atom. The van der Waals surface area contributed by atoms with Crippen LogP contribution >= 0.6 is 0 Å². The molecule has 1 unspecified atom stereocenters. The van der Waals surface area contributed by atoms with Crippen LogP contribution in [0.5, 0.6) is 0 Å². The van der Waals surface area contributed by atoms with Gasteiger partial charge in [-0.1, -0.05) is 12.1 Å². The van der Waals surface area contributed by atoms with Crippen LogP contribution in [0.2, 0.25) is 0 Å². The summed E-state index contributed by atoms with van der Waals surface area (Å²) < 4.78 is 0. The van der Waals surface area contributed by atoms with Crippen molar-refractivity contribution >= 4 is 10.9 Å². The summed E-state index contributed by atoms with van der Waals surface area (Å²) in [5, 5.41) is 1.10. The van der Waals surface area contributed by atoms with Gasteiger partial charge in [0.1, 0.15) is 0 Å². The van der Waals surface area contributed by atoms with Gasteiger partial charge in [-0.3, -0.25) is 15.8 Å². The van der Waals surface area contributed by atoms with Gasteiger partial charge in [0.25, 0.3) is 0 Å². The Balaban J connectivity index is 2.10. The van der Waals surface area contributed by atoms with Crippen LogP contribution in [0.1, 0.15) is 22.7 Å². The first-order chi connectivity index (χ1) is 9.79. The summed E-state index contributed by atoms with van der Waals surface area (Å²) in [4.78, 5) is 8.53. The quantitative estimate of drug-likeness (QED) is 0.563. The van der Waals surface area contributed by atoms with Crippen LogP contribution in [0.15, 0.2) is 55.0 Å². The van der Waals surface area contributed by atoms with Crippen LogP contribution in [0.3, 0.4) is 0 Å². The smallest absolute Gasteiger partial charge is 0.0727 e. The van der Waals surface area contributed by atoms with Crippen LogP contribution < -0.4 is 11.3 Å². The topological polar surface area (TPSA) is 63.8 Å². The number of nitrogens with zero attached hydrogens (tertiary/aromatic N) is 2. The van der Waals surface area contributed by atoms with E-state index < -0.39 is 0 Å². The number of hydrazine groups is 1. The molecule has 1 atom stereocenters. The zero-order valence-corrected chi connectivity index (χ0v) is 11.2. The van der Waals surface area contributed by atoms with E-state index in [9.17, 15) is 0 Å². The minimum atomic E-state index is -0.0756. The van der Waals surface area contributed by atoms with Crippen molar-refractivity contribution in [2.75, 3.05) is 0 Å². The Bertz CT molecular complexity index is 739. The highest BCUT2D eigenvalue weighted by Gasteiger charge is 2.15. The Morgan fingerprint density at radius 1 is 1.15 bits per heavy atom. The maximum Gasteiger partial charge on any atom is 0.0727 e. The first kappa shape index (κ1) is 12.7. The van der Waals surface area contributed by atoms with Crippen molar-refractivity contribution in [3.63, 3.8) is 0 Å². The third kappa shape index (κ3) is 2.27. The first-order valence-electron chi connectivity index (χ1n) is 6.51. The number of hydrogen-bond donors (Lipinski definition) is 2. The van der Waals surface area contributed by atoms with Gasteiger partial charge in [0, 0.05) is 24.0 Å². The lowest BCUT2D eigenvalue weighted by Gasteiger charge is -2.19. The summed E-state index contributed by atoms with van der Waals surface area (Å²) in [5.74, 6) is 5.76. The average molecular weight is 264 g/mol. The van der Waals surface area contributed by atoms with Crippen molar-refractivity contribution in [1.29, 1.82) is 0 Å². The number of fused-ring (bicyclic) bond motifs is 1. The fraction of sp³-hybridized carbons (Fsp3) is 0.125. The van der Waals surface area contributed by atoms with E-state index in [4.69, 9.17) is 5.84 Å². The normalized spacial score (nSPS) is 12.5. The van der Waals surface area contributed by atoms with Crippen LogP contribution in [0.25, 0.3) is 10.9 Å². The lowest BCUT2D eigenvalue weighted by atomic mass is 9.96. The second-order valence-electron chi connectivity index (χ2n) is 4.79. The molecule has 3 aromatic rings. The fourth-order valence-corrected chi connectivity index (χ4v) is 2.42. The number of benzene rings is 1. The molecule has 1 aromatic carbocycles. The van der Waals surface area contributed by atoms with E-state index >= 15 is 0 Å². The third-order valence-corrected chi connectivity index (χ3v) is 3.52. The molecule has 0 saturated heterocycles. The van der Waals surface area contributed by atoms with E-state index in [2.05, 4.69) is 34.5 Å². The molecular formula is C16H16N4. The Kier molecular flexibility index (Phi) is 3.41. The molecule has 0 bridgehead atoms. The van der Waals surface area contributed by atoms with Crippen LogP contribution in [0, 0.1) is 6.92 Å². The Morgan fingerprint density at radius 3 is 2.85 bits per heavy atom. The largest absolute Gasteiger partial charge is 0.271 e. The second kappa shape index (κ2) is 5.36. The molecular weight excluding hydrogens is 248 g/mol. The van der Waals surface area contributed by atoms with E-state index in [1.165, 1.54) is 0 Å². The van der Waals surface area contributed by atoms with Crippen LogP contribution in [-0.4, -0.2) is 9.97 Å². The van der Waals surface area contributed by atoms with E-state index in [-0.39, 0.29) is 6.04 Å². The summed E-state index contributed by atoms with van der Waals surface area (Å²) in [6.45, 7) is 2.06. The molecule has 0 radical (unpaired) electrons. The minimum absolute atomic E-state index is 0.0756. The first-order valence-corrected chi connectivity index (χ1v) is 6.51. The number of aromatic nitrogens is 2. The molecule has 0 amide bonds. The van der Waals surface area contributed by atoms with Gasteiger partial charge in [-0.05, 0) is 47.9 Å². The van der Waals surface area contributed by atoms with Gasteiger partial charge in [0.05, 0.1) is 11.6 Å². The minimum Gasteiger partial charge on any atom is -0.271 e. The highest BCUT2D eigenvalue weighted by molar-refractivity contribution is 5.79. The van der Waals surface area contributed by atoms with Gasteiger partial charge in [0.15, 0.2) is 0 Å². The van der Waals surface area contributed by atoms with E-state index in [1.807, 2.05) is 30.5 Å². The highest BCUT2D eigenvalue weighted by Crippen LogP contribution is 2.25. The number of pyridine rings is 2. The standard InChI is InChI=1S/C16H16N4/c1-11-6-8-18-10-14(11)16(20-17)13-4-5-15-12(9-13)3-2-7-19-15/h2-10,16,20H,17H2,1H3. The van der Waals surface area contributed by atoms with E-state index in [0.29, 0.717) is 0 Å². The van der Waals surface area contributed by atoms with Crippen molar-refractivity contribution in [1.82, 2.24) is 15.4 Å². The molecule has 20 heavy (non-hydrogen) atoms. The predicted molar refractivity (Wildman–Crippen MR) is 79.9 cm³/mol. The molecule has 4 heteroatoms. The van der Waals surface area contributed by atoms with Gasteiger partial charge in [-0.25, -0.2) is 5.43 Å². The Hall–Kier alpha value is -2.30. The van der Waals surface area contributed by atoms with Crippen molar-refractivity contribution in [2.45, 2.75) is 13.0 Å². The van der Waals surface area contributed by atoms with Gasteiger partial charge in [-0.2, -0.15) is 0 Å².